The van der Waals surface area contributed by atoms with Crippen LogP contribution in [0.2, 0.25) is 0 Å². The maximum Gasteiger partial charge on any atom is 0.271 e. The molecule has 0 spiro atoms. The van der Waals surface area contributed by atoms with E-state index in [9.17, 15) is 8.42 Å². The predicted molar refractivity (Wildman–Crippen MR) is 89.1 cm³/mol. The summed E-state index contributed by atoms with van der Waals surface area (Å²) in [6.07, 6.45) is 0. The summed E-state index contributed by atoms with van der Waals surface area (Å²) in [4.78, 5) is 0.618. The largest absolute Gasteiger partial charge is 0.420 e. The lowest BCUT2D eigenvalue weighted by Crippen LogP contribution is -2.13. The second-order valence-corrected chi connectivity index (χ2v) is 8.11. The van der Waals surface area contributed by atoms with Gasteiger partial charge >= 0.3 is 0 Å². The molecule has 6 nitrogen and oxygen atoms in total. The van der Waals surface area contributed by atoms with Gasteiger partial charge in [-0.2, -0.15) is 0 Å². The van der Waals surface area contributed by atoms with Crippen LogP contribution < -0.4 is 4.72 Å². The Balaban J connectivity index is 1.93. The zero-order valence-corrected chi connectivity index (χ0v) is 14.5. The number of hydrogen-bond donors (Lipinski definition) is 1. The zero-order chi connectivity index (χ0) is 16.6. The Labute approximate surface area is 138 Å². The third kappa shape index (κ3) is 3.13. The van der Waals surface area contributed by atoms with Crippen molar-refractivity contribution in [3.8, 4) is 10.8 Å². The minimum absolute atomic E-state index is 0.200. The number of nitrogens with zero attached hydrogens (tertiary/aromatic N) is 2. The van der Waals surface area contributed by atoms with Crippen molar-refractivity contribution in [2.75, 3.05) is 4.72 Å². The number of para-hydroxylation sites is 1. The molecular weight excluding hydrogens is 334 g/mol. The maximum atomic E-state index is 12.6. The molecule has 0 saturated heterocycles. The quantitative estimate of drug-likeness (QED) is 0.779. The highest BCUT2D eigenvalue weighted by Crippen LogP contribution is 2.32. The summed E-state index contributed by atoms with van der Waals surface area (Å²) < 4.78 is 33.4. The van der Waals surface area contributed by atoms with Gasteiger partial charge in [0.05, 0.1) is 10.6 Å². The monoisotopic (exact) mass is 349 g/mol. The van der Waals surface area contributed by atoms with Gasteiger partial charge in [0.1, 0.15) is 4.21 Å². The molecule has 0 radical (unpaired) electrons. The van der Waals surface area contributed by atoms with E-state index < -0.39 is 10.0 Å². The van der Waals surface area contributed by atoms with Gasteiger partial charge in [0, 0.05) is 6.92 Å². The van der Waals surface area contributed by atoms with E-state index in [0.717, 1.165) is 22.5 Å². The number of rotatable bonds is 4. The van der Waals surface area contributed by atoms with Crippen LogP contribution in [0.1, 0.15) is 17.0 Å². The van der Waals surface area contributed by atoms with Crippen LogP contribution in [0.4, 0.5) is 5.69 Å². The SMILES string of the molecule is Cc1nnc(-c2ccc(S(=O)(=O)Nc3c(C)cccc3C)s2)o1. The van der Waals surface area contributed by atoms with Crippen LogP contribution >= 0.6 is 11.3 Å². The second kappa shape index (κ2) is 5.78. The number of nitrogens with one attached hydrogen (secondary N) is 1. The highest BCUT2D eigenvalue weighted by Gasteiger charge is 2.20. The van der Waals surface area contributed by atoms with E-state index in [-0.39, 0.29) is 4.21 Å². The topological polar surface area (TPSA) is 85.1 Å². The number of benzene rings is 1. The lowest BCUT2D eigenvalue weighted by Gasteiger charge is -2.11. The maximum absolute atomic E-state index is 12.6. The summed E-state index contributed by atoms with van der Waals surface area (Å²) in [5.74, 6) is 0.757. The zero-order valence-electron chi connectivity index (χ0n) is 12.8. The van der Waals surface area contributed by atoms with Crippen molar-refractivity contribution in [3.63, 3.8) is 0 Å². The van der Waals surface area contributed by atoms with Crippen molar-refractivity contribution in [2.24, 2.45) is 0 Å². The summed E-state index contributed by atoms with van der Waals surface area (Å²) in [6.45, 7) is 5.42. The first kappa shape index (κ1) is 15.7. The van der Waals surface area contributed by atoms with E-state index in [1.165, 1.54) is 6.07 Å². The van der Waals surface area contributed by atoms with Crippen molar-refractivity contribution in [3.05, 3.63) is 47.3 Å². The molecule has 2 aromatic heterocycles. The fourth-order valence-corrected chi connectivity index (χ4v) is 4.57. The molecule has 23 heavy (non-hydrogen) atoms. The molecule has 0 amide bonds. The van der Waals surface area contributed by atoms with Gasteiger partial charge < -0.3 is 4.42 Å². The third-order valence-electron chi connectivity index (χ3n) is 3.30. The Morgan fingerprint density at radius 1 is 1.04 bits per heavy atom. The Bertz CT molecular complexity index is 938. The first-order valence-electron chi connectivity index (χ1n) is 6.86. The van der Waals surface area contributed by atoms with E-state index in [0.29, 0.717) is 22.3 Å². The van der Waals surface area contributed by atoms with Crippen LogP contribution in [0.5, 0.6) is 0 Å². The lowest BCUT2D eigenvalue weighted by molar-refractivity contribution is 0.534. The predicted octanol–water partition coefficient (Wildman–Crippen LogP) is 3.52. The van der Waals surface area contributed by atoms with Crippen LogP contribution in [0.3, 0.4) is 0 Å². The molecule has 0 bridgehead atoms. The van der Waals surface area contributed by atoms with E-state index in [1.807, 2.05) is 32.0 Å². The number of aryl methyl sites for hydroxylation is 3. The fraction of sp³-hybridized carbons (Fsp3) is 0.200. The van der Waals surface area contributed by atoms with E-state index in [1.54, 1.807) is 13.0 Å². The number of sulfonamides is 1. The Morgan fingerprint density at radius 2 is 1.74 bits per heavy atom. The smallest absolute Gasteiger partial charge is 0.271 e. The van der Waals surface area contributed by atoms with Gasteiger partial charge in [0.25, 0.3) is 15.9 Å². The van der Waals surface area contributed by atoms with Gasteiger partial charge in [-0.3, -0.25) is 4.72 Å². The summed E-state index contributed by atoms with van der Waals surface area (Å²) in [6, 6.07) is 8.83. The molecule has 0 atom stereocenters. The van der Waals surface area contributed by atoms with Crippen LogP contribution in [-0.2, 0) is 10.0 Å². The van der Waals surface area contributed by atoms with Crippen molar-refractivity contribution >= 4 is 27.0 Å². The normalized spacial score (nSPS) is 11.6. The number of aromatic nitrogens is 2. The molecule has 0 aliphatic carbocycles. The molecule has 3 aromatic rings. The second-order valence-electron chi connectivity index (χ2n) is 5.12. The van der Waals surface area contributed by atoms with E-state index >= 15 is 0 Å². The molecule has 1 N–H and O–H groups in total. The van der Waals surface area contributed by atoms with E-state index in [4.69, 9.17) is 4.42 Å². The molecular formula is C15H15N3O3S2. The van der Waals surface area contributed by atoms with Gasteiger partial charge in [-0.1, -0.05) is 18.2 Å². The Hall–Kier alpha value is -2.19. The molecule has 8 heteroatoms. The molecule has 2 heterocycles. The minimum Gasteiger partial charge on any atom is -0.420 e. The Morgan fingerprint density at radius 3 is 2.35 bits per heavy atom. The fourth-order valence-electron chi connectivity index (χ4n) is 2.14. The molecule has 0 unspecified atom stereocenters. The van der Waals surface area contributed by atoms with Crippen LogP contribution in [0.25, 0.3) is 10.8 Å². The van der Waals surface area contributed by atoms with Crippen LogP contribution in [-0.4, -0.2) is 18.6 Å². The molecule has 0 fully saturated rings. The number of hydrogen-bond acceptors (Lipinski definition) is 6. The van der Waals surface area contributed by atoms with E-state index in [2.05, 4.69) is 14.9 Å². The minimum atomic E-state index is -3.66. The van der Waals surface area contributed by atoms with Crippen molar-refractivity contribution < 1.29 is 12.8 Å². The van der Waals surface area contributed by atoms with Crippen LogP contribution in [0, 0.1) is 20.8 Å². The number of thiophene rings is 1. The van der Waals surface area contributed by atoms with Crippen molar-refractivity contribution in [1.29, 1.82) is 0 Å². The van der Waals surface area contributed by atoms with Crippen LogP contribution in [0.15, 0.2) is 39.0 Å². The average molecular weight is 349 g/mol. The standard InChI is InChI=1S/C15H15N3O3S2/c1-9-5-4-6-10(2)14(9)18-23(19,20)13-8-7-12(22-13)15-17-16-11(3)21-15/h4-8,18H,1-3H3. The van der Waals surface area contributed by atoms with Crippen molar-refractivity contribution in [1.82, 2.24) is 10.2 Å². The average Bonchev–Trinajstić information content (AvgIpc) is 3.12. The molecule has 0 aliphatic heterocycles. The first-order chi connectivity index (χ1) is 10.9. The molecule has 0 saturated carbocycles. The van der Waals surface area contributed by atoms with Gasteiger partial charge in [0.2, 0.25) is 5.89 Å². The van der Waals surface area contributed by atoms with Gasteiger partial charge in [-0.15, -0.1) is 21.5 Å². The molecule has 1 aromatic carbocycles. The van der Waals surface area contributed by atoms with Crippen molar-refractivity contribution in [2.45, 2.75) is 25.0 Å². The van der Waals surface area contributed by atoms with Gasteiger partial charge in [-0.05, 0) is 37.1 Å². The summed E-state index contributed by atoms with van der Waals surface area (Å²) in [5, 5.41) is 7.65. The summed E-state index contributed by atoms with van der Waals surface area (Å²) >= 11 is 1.09. The third-order valence-corrected chi connectivity index (χ3v) is 6.22. The summed E-state index contributed by atoms with van der Waals surface area (Å²) in [5.41, 5.74) is 2.35. The van der Waals surface area contributed by atoms with Gasteiger partial charge in [0.15, 0.2) is 0 Å². The first-order valence-corrected chi connectivity index (χ1v) is 9.16. The van der Waals surface area contributed by atoms with Gasteiger partial charge in [-0.25, -0.2) is 8.42 Å². The highest BCUT2D eigenvalue weighted by atomic mass is 32.2. The molecule has 0 aliphatic rings. The number of anilines is 1. The summed E-state index contributed by atoms with van der Waals surface area (Å²) in [7, 11) is -3.66. The highest BCUT2D eigenvalue weighted by molar-refractivity contribution is 7.94. The molecule has 120 valence electrons. The molecule has 3 rings (SSSR count). The lowest BCUT2D eigenvalue weighted by atomic mass is 10.1. The Kier molecular flexibility index (Phi) is 3.95.